The SMILES string of the molecule is O=C(O)N1CCCCC1CNc1cc(-c2ccccc2Cl)nc2c(Br)cnn12. The van der Waals surface area contributed by atoms with Crippen LogP contribution in [0.3, 0.4) is 0 Å². The van der Waals surface area contributed by atoms with Gasteiger partial charge in [0.2, 0.25) is 0 Å². The number of anilines is 1. The summed E-state index contributed by atoms with van der Waals surface area (Å²) in [5.41, 5.74) is 2.21. The topological polar surface area (TPSA) is 82.8 Å². The van der Waals surface area contributed by atoms with Gasteiger partial charge in [-0.3, -0.25) is 0 Å². The predicted octanol–water partition coefficient (Wildman–Crippen LogP) is 4.76. The normalized spacial score (nSPS) is 17.1. The van der Waals surface area contributed by atoms with E-state index in [1.807, 2.05) is 30.3 Å². The maximum Gasteiger partial charge on any atom is 0.407 e. The van der Waals surface area contributed by atoms with Crippen LogP contribution >= 0.6 is 27.5 Å². The van der Waals surface area contributed by atoms with Gasteiger partial charge in [-0.15, -0.1) is 0 Å². The largest absolute Gasteiger partial charge is 0.465 e. The number of amides is 1. The van der Waals surface area contributed by atoms with Crippen molar-refractivity contribution in [3.05, 3.63) is 46.0 Å². The van der Waals surface area contributed by atoms with Crippen LogP contribution in [-0.2, 0) is 0 Å². The van der Waals surface area contributed by atoms with E-state index in [0.29, 0.717) is 23.8 Å². The van der Waals surface area contributed by atoms with E-state index in [0.717, 1.165) is 40.8 Å². The number of carboxylic acid groups (broad SMARTS) is 1. The Kier molecular flexibility index (Phi) is 5.41. The molecule has 9 heteroatoms. The summed E-state index contributed by atoms with van der Waals surface area (Å²) < 4.78 is 2.48. The van der Waals surface area contributed by atoms with E-state index in [-0.39, 0.29) is 6.04 Å². The zero-order chi connectivity index (χ0) is 19.7. The molecule has 3 aromatic rings. The second kappa shape index (κ2) is 7.97. The van der Waals surface area contributed by atoms with Crippen LogP contribution in [0, 0.1) is 0 Å². The Morgan fingerprint density at radius 3 is 2.96 bits per heavy atom. The van der Waals surface area contributed by atoms with Gasteiger partial charge in [-0.2, -0.15) is 9.61 Å². The number of halogens is 2. The van der Waals surface area contributed by atoms with Crippen LogP contribution in [0.1, 0.15) is 19.3 Å². The lowest BCUT2D eigenvalue weighted by molar-refractivity contribution is 0.110. The predicted molar refractivity (Wildman–Crippen MR) is 112 cm³/mol. The second-order valence-corrected chi connectivity index (χ2v) is 8.00. The number of aromatic nitrogens is 3. The highest BCUT2D eigenvalue weighted by atomic mass is 79.9. The molecule has 0 bridgehead atoms. The van der Waals surface area contributed by atoms with E-state index in [4.69, 9.17) is 11.6 Å². The molecule has 1 aliphatic rings. The first-order chi connectivity index (χ1) is 13.5. The molecule has 2 N–H and O–H groups in total. The third-order valence-corrected chi connectivity index (χ3v) is 5.86. The summed E-state index contributed by atoms with van der Waals surface area (Å²) in [5.74, 6) is 0.738. The van der Waals surface area contributed by atoms with Crippen molar-refractivity contribution in [1.82, 2.24) is 19.5 Å². The fourth-order valence-electron chi connectivity index (χ4n) is 3.56. The minimum atomic E-state index is -0.870. The molecule has 146 valence electrons. The summed E-state index contributed by atoms with van der Waals surface area (Å²) in [6, 6.07) is 9.36. The quantitative estimate of drug-likeness (QED) is 0.582. The minimum Gasteiger partial charge on any atom is -0.465 e. The highest BCUT2D eigenvalue weighted by molar-refractivity contribution is 9.10. The van der Waals surface area contributed by atoms with Crippen molar-refractivity contribution in [1.29, 1.82) is 0 Å². The third kappa shape index (κ3) is 3.66. The fourth-order valence-corrected chi connectivity index (χ4v) is 4.14. The van der Waals surface area contributed by atoms with Crippen molar-refractivity contribution in [3.8, 4) is 11.3 Å². The Morgan fingerprint density at radius 1 is 1.36 bits per heavy atom. The standard InChI is InChI=1S/C19H19BrClN5O2/c20-14-11-23-26-17(22-10-12-5-3-4-8-25(12)19(27)28)9-16(24-18(14)26)13-6-1-2-7-15(13)21/h1-2,6-7,9,11-12,22H,3-5,8,10H2,(H,27,28). The van der Waals surface area contributed by atoms with E-state index in [9.17, 15) is 9.90 Å². The van der Waals surface area contributed by atoms with Crippen LogP contribution < -0.4 is 5.32 Å². The van der Waals surface area contributed by atoms with Gasteiger partial charge in [0.25, 0.3) is 0 Å². The summed E-state index contributed by atoms with van der Waals surface area (Å²) in [6.45, 7) is 1.08. The number of benzene rings is 1. The second-order valence-electron chi connectivity index (χ2n) is 6.74. The monoisotopic (exact) mass is 463 g/mol. The molecule has 0 aliphatic carbocycles. The molecule has 3 heterocycles. The lowest BCUT2D eigenvalue weighted by Gasteiger charge is -2.33. The van der Waals surface area contributed by atoms with Gasteiger partial charge >= 0.3 is 6.09 Å². The number of carbonyl (C=O) groups is 1. The van der Waals surface area contributed by atoms with Crippen LogP contribution in [0.15, 0.2) is 41.0 Å². The average Bonchev–Trinajstić information content (AvgIpc) is 3.07. The van der Waals surface area contributed by atoms with E-state index in [1.54, 1.807) is 10.7 Å². The molecule has 1 aliphatic heterocycles. The fraction of sp³-hybridized carbons (Fsp3) is 0.316. The van der Waals surface area contributed by atoms with Gasteiger partial charge < -0.3 is 15.3 Å². The molecule has 1 aromatic carbocycles. The van der Waals surface area contributed by atoms with Gasteiger partial charge in [-0.05, 0) is 41.3 Å². The number of hydrogen-bond acceptors (Lipinski definition) is 4. The third-order valence-electron chi connectivity index (χ3n) is 4.97. The average molecular weight is 465 g/mol. The van der Waals surface area contributed by atoms with Crippen LogP contribution in [-0.4, -0.2) is 49.8 Å². The van der Waals surface area contributed by atoms with E-state index >= 15 is 0 Å². The molecule has 1 atom stereocenters. The smallest absolute Gasteiger partial charge is 0.407 e. The highest BCUT2D eigenvalue weighted by Gasteiger charge is 2.26. The maximum absolute atomic E-state index is 11.5. The zero-order valence-corrected chi connectivity index (χ0v) is 17.3. The number of piperidine rings is 1. The summed E-state index contributed by atoms with van der Waals surface area (Å²) in [6.07, 6.45) is 3.59. The Balaban J connectivity index is 1.68. The molecule has 0 radical (unpaired) electrons. The molecule has 1 amide bonds. The molecule has 2 aromatic heterocycles. The molecule has 4 rings (SSSR count). The number of nitrogens with zero attached hydrogens (tertiary/aromatic N) is 4. The van der Waals surface area contributed by atoms with Crippen LogP contribution in [0.5, 0.6) is 0 Å². The van der Waals surface area contributed by atoms with Gasteiger partial charge in [0.15, 0.2) is 5.65 Å². The van der Waals surface area contributed by atoms with Gasteiger partial charge in [-0.1, -0.05) is 29.8 Å². The number of likely N-dealkylation sites (tertiary alicyclic amines) is 1. The summed E-state index contributed by atoms with van der Waals surface area (Å²) >= 11 is 9.85. The number of nitrogens with one attached hydrogen (secondary N) is 1. The van der Waals surface area contributed by atoms with Gasteiger partial charge in [0.05, 0.1) is 22.4 Å². The Hall–Kier alpha value is -2.32. The Labute approximate surface area is 175 Å². The van der Waals surface area contributed by atoms with Crippen molar-refractivity contribution < 1.29 is 9.90 Å². The van der Waals surface area contributed by atoms with Crippen molar-refractivity contribution in [2.45, 2.75) is 25.3 Å². The van der Waals surface area contributed by atoms with E-state index in [1.165, 1.54) is 4.90 Å². The minimum absolute atomic E-state index is 0.0720. The van der Waals surface area contributed by atoms with Crippen LogP contribution in [0.2, 0.25) is 5.02 Å². The number of fused-ring (bicyclic) bond motifs is 1. The molecule has 0 saturated carbocycles. The van der Waals surface area contributed by atoms with Crippen LogP contribution in [0.4, 0.5) is 10.6 Å². The number of rotatable bonds is 4. The summed E-state index contributed by atoms with van der Waals surface area (Å²) in [5, 5.41) is 17.8. The first-order valence-electron chi connectivity index (χ1n) is 9.07. The van der Waals surface area contributed by atoms with Gasteiger partial charge in [-0.25, -0.2) is 9.78 Å². The highest BCUT2D eigenvalue weighted by Crippen LogP contribution is 2.30. The Morgan fingerprint density at radius 2 is 2.18 bits per heavy atom. The van der Waals surface area contributed by atoms with Crippen molar-refractivity contribution in [2.75, 3.05) is 18.4 Å². The maximum atomic E-state index is 11.5. The molecule has 7 nitrogen and oxygen atoms in total. The number of hydrogen-bond donors (Lipinski definition) is 2. The molecule has 1 fully saturated rings. The van der Waals surface area contributed by atoms with Crippen molar-refractivity contribution in [3.63, 3.8) is 0 Å². The zero-order valence-electron chi connectivity index (χ0n) is 15.0. The molecule has 1 saturated heterocycles. The molecule has 28 heavy (non-hydrogen) atoms. The molecular formula is C19H19BrClN5O2. The molecule has 1 unspecified atom stereocenters. The molecular weight excluding hydrogens is 446 g/mol. The van der Waals surface area contributed by atoms with Gasteiger partial charge in [0, 0.05) is 29.7 Å². The van der Waals surface area contributed by atoms with Crippen molar-refractivity contribution in [2.24, 2.45) is 0 Å². The van der Waals surface area contributed by atoms with Crippen LogP contribution in [0.25, 0.3) is 16.9 Å². The Bertz CT molecular complexity index is 1020. The summed E-state index contributed by atoms with van der Waals surface area (Å²) in [4.78, 5) is 17.7. The first-order valence-corrected chi connectivity index (χ1v) is 10.2. The van der Waals surface area contributed by atoms with E-state index in [2.05, 4.69) is 31.3 Å². The van der Waals surface area contributed by atoms with E-state index < -0.39 is 6.09 Å². The van der Waals surface area contributed by atoms with Crippen molar-refractivity contribution >= 4 is 45.1 Å². The molecule has 0 spiro atoms. The van der Waals surface area contributed by atoms with Gasteiger partial charge in [0.1, 0.15) is 5.82 Å². The lowest BCUT2D eigenvalue weighted by atomic mass is 10.0. The summed E-state index contributed by atoms with van der Waals surface area (Å²) in [7, 11) is 0. The first kappa shape index (κ1) is 19.0. The lowest BCUT2D eigenvalue weighted by Crippen LogP contribution is -2.46.